The second-order valence-electron chi connectivity index (χ2n) is 3.19. The molecule has 2 aromatic carbocycles. The Hall–Kier alpha value is -1.32. The van der Waals surface area contributed by atoms with E-state index in [9.17, 15) is 8.42 Å². The van der Waals surface area contributed by atoms with Gasteiger partial charge in [-0.1, -0.05) is 23.7 Å². The summed E-state index contributed by atoms with van der Waals surface area (Å²) >= 11 is 5.71. The first-order chi connectivity index (χ1) is 7.60. The summed E-state index contributed by atoms with van der Waals surface area (Å²) in [5.41, 5.74) is 0. The molecule has 0 aromatic heterocycles. The quantitative estimate of drug-likeness (QED) is 0.822. The molecule has 0 saturated heterocycles. The van der Waals surface area contributed by atoms with Crippen molar-refractivity contribution in [3.05, 3.63) is 59.6 Å². The van der Waals surface area contributed by atoms with Crippen LogP contribution >= 0.6 is 11.6 Å². The van der Waals surface area contributed by atoms with Gasteiger partial charge in [-0.05, 0) is 42.5 Å². The third-order valence-corrected chi connectivity index (χ3v) is 4.16. The van der Waals surface area contributed by atoms with E-state index in [4.69, 9.17) is 11.6 Å². The van der Waals surface area contributed by atoms with E-state index in [1.54, 1.807) is 24.3 Å². The maximum Gasteiger partial charge on any atom is 0.206 e. The van der Waals surface area contributed by atoms with Gasteiger partial charge in [0.15, 0.2) is 0 Å². The fourth-order valence-electron chi connectivity index (χ4n) is 1.30. The summed E-state index contributed by atoms with van der Waals surface area (Å²) < 4.78 is 24.2. The molecule has 2 rings (SSSR count). The lowest BCUT2D eigenvalue weighted by Gasteiger charge is -2.03. The monoisotopic (exact) mass is 251 g/mol. The molecule has 0 aliphatic heterocycles. The van der Waals surface area contributed by atoms with Gasteiger partial charge in [-0.3, -0.25) is 0 Å². The van der Waals surface area contributed by atoms with Crippen LogP contribution in [0.3, 0.4) is 0 Å². The predicted octanol–water partition coefficient (Wildman–Crippen LogP) is 2.97. The second-order valence-corrected chi connectivity index (χ2v) is 5.58. The van der Waals surface area contributed by atoms with Crippen LogP contribution in [0, 0.1) is 6.07 Å². The van der Waals surface area contributed by atoms with Crippen molar-refractivity contribution in [3.8, 4) is 0 Å². The van der Waals surface area contributed by atoms with E-state index in [2.05, 4.69) is 6.07 Å². The van der Waals surface area contributed by atoms with Crippen LogP contribution in [0.25, 0.3) is 0 Å². The van der Waals surface area contributed by atoms with Crippen LogP contribution in [0.1, 0.15) is 0 Å². The Bertz CT molecular complexity index is 574. The molecule has 16 heavy (non-hydrogen) atoms. The number of halogens is 1. The molecule has 2 nitrogen and oxygen atoms in total. The van der Waals surface area contributed by atoms with E-state index in [0.29, 0.717) is 5.02 Å². The second kappa shape index (κ2) is 4.28. The van der Waals surface area contributed by atoms with Gasteiger partial charge in [0.05, 0.1) is 9.79 Å². The Balaban J connectivity index is 2.52. The highest BCUT2D eigenvalue weighted by Crippen LogP contribution is 2.21. The third-order valence-electron chi connectivity index (χ3n) is 2.12. The van der Waals surface area contributed by atoms with Crippen LogP contribution in [0.15, 0.2) is 58.3 Å². The third kappa shape index (κ3) is 2.10. The average molecular weight is 252 g/mol. The number of hydrogen-bond donors (Lipinski definition) is 0. The van der Waals surface area contributed by atoms with Crippen LogP contribution in [0.2, 0.25) is 5.02 Å². The normalized spacial score (nSPS) is 11.3. The summed E-state index contributed by atoms with van der Waals surface area (Å²) in [6, 6.07) is 15.1. The standard InChI is InChI=1S/C12H8ClO2S/c13-10-6-8-12(9-7-10)16(14,15)11-4-2-1-3-5-11/h2-9H. The Morgan fingerprint density at radius 2 is 1.38 bits per heavy atom. The molecule has 0 saturated carbocycles. The highest BCUT2D eigenvalue weighted by atomic mass is 35.5. The number of sulfone groups is 1. The highest BCUT2D eigenvalue weighted by molar-refractivity contribution is 7.91. The Labute approximate surface area is 99.4 Å². The van der Waals surface area contributed by atoms with Crippen LogP contribution < -0.4 is 0 Å². The Morgan fingerprint density at radius 3 is 1.94 bits per heavy atom. The summed E-state index contributed by atoms with van der Waals surface area (Å²) in [6.45, 7) is 0. The van der Waals surface area contributed by atoms with Crippen molar-refractivity contribution in [3.63, 3.8) is 0 Å². The minimum atomic E-state index is -3.43. The molecular formula is C12H8ClO2S. The van der Waals surface area contributed by atoms with Gasteiger partial charge in [0, 0.05) is 5.02 Å². The molecule has 0 spiro atoms. The predicted molar refractivity (Wildman–Crippen MR) is 62.2 cm³/mol. The van der Waals surface area contributed by atoms with Gasteiger partial charge in [-0.25, -0.2) is 8.42 Å². The molecule has 2 aromatic rings. The van der Waals surface area contributed by atoms with Crippen LogP contribution in [-0.4, -0.2) is 8.42 Å². The van der Waals surface area contributed by atoms with Gasteiger partial charge < -0.3 is 0 Å². The van der Waals surface area contributed by atoms with Gasteiger partial charge in [0.1, 0.15) is 0 Å². The van der Waals surface area contributed by atoms with Gasteiger partial charge in [0.2, 0.25) is 9.84 Å². The molecule has 0 N–H and O–H groups in total. The average Bonchev–Trinajstić information content (AvgIpc) is 2.31. The van der Waals surface area contributed by atoms with Crippen molar-refractivity contribution in [2.75, 3.05) is 0 Å². The zero-order valence-electron chi connectivity index (χ0n) is 8.22. The van der Waals surface area contributed by atoms with Crippen LogP contribution in [0.5, 0.6) is 0 Å². The molecule has 0 unspecified atom stereocenters. The van der Waals surface area contributed by atoms with Crippen molar-refractivity contribution in [2.45, 2.75) is 9.79 Å². The van der Waals surface area contributed by atoms with Gasteiger partial charge in [-0.15, -0.1) is 0 Å². The first-order valence-corrected chi connectivity index (χ1v) is 6.43. The lowest BCUT2D eigenvalue weighted by molar-refractivity contribution is 0.596. The molecule has 0 bridgehead atoms. The fraction of sp³-hybridized carbons (Fsp3) is 0. The van der Waals surface area contributed by atoms with E-state index < -0.39 is 9.84 Å². The van der Waals surface area contributed by atoms with E-state index >= 15 is 0 Å². The molecule has 0 fully saturated rings. The minimum absolute atomic E-state index is 0.239. The molecule has 4 heteroatoms. The summed E-state index contributed by atoms with van der Waals surface area (Å²) in [4.78, 5) is 0.497. The van der Waals surface area contributed by atoms with Gasteiger partial charge in [0.25, 0.3) is 0 Å². The van der Waals surface area contributed by atoms with Crippen molar-refractivity contribution >= 4 is 21.4 Å². The van der Waals surface area contributed by atoms with Gasteiger partial charge in [-0.2, -0.15) is 0 Å². The van der Waals surface area contributed by atoms with Crippen molar-refractivity contribution in [1.29, 1.82) is 0 Å². The summed E-state index contributed by atoms with van der Waals surface area (Å²) in [7, 11) is -3.43. The zero-order chi connectivity index (χ0) is 11.6. The van der Waals surface area contributed by atoms with Crippen molar-refractivity contribution < 1.29 is 8.42 Å². The minimum Gasteiger partial charge on any atom is -0.219 e. The maximum absolute atomic E-state index is 12.1. The van der Waals surface area contributed by atoms with Gasteiger partial charge >= 0.3 is 0 Å². The topological polar surface area (TPSA) is 34.1 Å². The number of hydrogen-bond acceptors (Lipinski definition) is 2. The first kappa shape index (κ1) is 11.2. The Morgan fingerprint density at radius 1 is 0.875 bits per heavy atom. The van der Waals surface area contributed by atoms with E-state index in [1.807, 2.05) is 0 Å². The maximum atomic E-state index is 12.1. The number of rotatable bonds is 2. The lowest BCUT2D eigenvalue weighted by atomic mass is 10.4. The summed E-state index contributed by atoms with van der Waals surface area (Å²) in [5.74, 6) is 0. The van der Waals surface area contributed by atoms with Crippen LogP contribution in [0.4, 0.5) is 0 Å². The number of benzene rings is 2. The van der Waals surface area contributed by atoms with Crippen molar-refractivity contribution in [2.24, 2.45) is 0 Å². The molecule has 81 valence electrons. The van der Waals surface area contributed by atoms with Crippen molar-refractivity contribution in [1.82, 2.24) is 0 Å². The smallest absolute Gasteiger partial charge is 0.206 e. The molecule has 0 heterocycles. The van der Waals surface area contributed by atoms with E-state index in [1.165, 1.54) is 24.3 Å². The largest absolute Gasteiger partial charge is 0.219 e. The molecule has 0 aliphatic carbocycles. The van der Waals surface area contributed by atoms with Crippen LogP contribution in [-0.2, 0) is 9.84 Å². The fourth-order valence-corrected chi connectivity index (χ4v) is 2.69. The molecule has 0 atom stereocenters. The molecular weight excluding hydrogens is 244 g/mol. The van der Waals surface area contributed by atoms with E-state index in [-0.39, 0.29) is 9.79 Å². The molecule has 0 amide bonds. The Kier molecular flexibility index (Phi) is 2.99. The first-order valence-electron chi connectivity index (χ1n) is 4.57. The highest BCUT2D eigenvalue weighted by Gasteiger charge is 2.16. The summed E-state index contributed by atoms with van der Waals surface area (Å²) in [6.07, 6.45) is 0. The van der Waals surface area contributed by atoms with E-state index in [0.717, 1.165) is 0 Å². The summed E-state index contributed by atoms with van der Waals surface area (Å²) in [5, 5.41) is 0.514. The SMILES string of the molecule is O=S(=O)(c1cc[c]cc1)c1ccc(Cl)cc1. The zero-order valence-corrected chi connectivity index (χ0v) is 9.79. The lowest BCUT2D eigenvalue weighted by Crippen LogP contribution is -2.01. The molecule has 1 radical (unpaired) electrons. The molecule has 0 aliphatic rings.